The highest BCUT2D eigenvalue weighted by molar-refractivity contribution is 7.99. The number of fused-ring (bicyclic) bond motifs is 2. The number of ether oxygens (including phenoxy) is 10. The Labute approximate surface area is 359 Å². The van der Waals surface area contributed by atoms with Gasteiger partial charge in [0.1, 0.15) is 60.0 Å². The summed E-state index contributed by atoms with van der Waals surface area (Å²) >= 11 is 1.66. The van der Waals surface area contributed by atoms with Crippen LogP contribution in [-0.4, -0.2) is 107 Å². The van der Waals surface area contributed by atoms with Gasteiger partial charge in [-0.3, -0.25) is 0 Å². The van der Waals surface area contributed by atoms with Crippen LogP contribution in [0.2, 0.25) is 0 Å². The van der Waals surface area contributed by atoms with E-state index in [0.717, 1.165) is 33.7 Å². The summed E-state index contributed by atoms with van der Waals surface area (Å²) in [6.07, 6.45) is -5.11. The molecule has 0 radical (unpaired) electrons. The Morgan fingerprint density at radius 2 is 1.28 bits per heavy atom. The van der Waals surface area contributed by atoms with Gasteiger partial charge in [0.25, 0.3) is 0 Å². The Hall–Kier alpha value is -4.07. The van der Waals surface area contributed by atoms with Gasteiger partial charge in [-0.1, -0.05) is 121 Å². The molecule has 322 valence electrons. The summed E-state index contributed by atoms with van der Waals surface area (Å²) < 4.78 is 65.1. The lowest BCUT2D eigenvalue weighted by molar-refractivity contribution is -0.363. The molecule has 0 amide bonds. The first-order chi connectivity index (χ1) is 30.1. The Morgan fingerprint density at radius 3 is 1.97 bits per heavy atom. The van der Waals surface area contributed by atoms with Crippen LogP contribution >= 0.6 is 11.8 Å². The maximum atomic E-state index is 11.6. The molecule has 0 bridgehead atoms. The predicted molar refractivity (Wildman–Crippen MR) is 222 cm³/mol. The molecule has 0 saturated carbocycles. The molecule has 4 aromatic carbocycles. The van der Waals surface area contributed by atoms with E-state index in [4.69, 9.17) is 47.4 Å². The number of aliphatic hydroxyl groups is 1. The van der Waals surface area contributed by atoms with E-state index in [1.165, 1.54) is 7.11 Å². The number of nitrogens with zero attached hydrogens (tertiary/aromatic N) is 3. The number of hydrogen-bond donors (Lipinski definition) is 1. The van der Waals surface area contributed by atoms with Crippen LogP contribution in [0.5, 0.6) is 0 Å². The highest BCUT2D eigenvalue weighted by Gasteiger charge is 2.52. The molecule has 5 aromatic rings. The first-order valence-electron chi connectivity index (χ1n) is 20.7. The fourth-order valence-electron chi connectivity index (χ4n) is 8.18. The number of methoxy groups -OCH3 is 1. The van der Waals surface area contributed by atoms with Crippen LogP contribution in [0, 0.1) is 0 Å². The summed E-state index contributed by atoms with van der Waals surface area (Å²) in [5, 5.41) is 20.6. The van der Waals surface area contributed by atoms with Crippen molar-refractivity contribution in [1.82, 2.24) is 15.0 Å². The minimum Gasteiger partial charge on any atom is -0.387 e. The van der Waals surface area contributed by atoms with Crippen LogP contribution in [0.15, 0.2) is 121 Å². The zero-order chi connectivity index (χ0) is 41.5. The van der Waals surface area contributed by atoms with Gasteiger partial charge >= 0.3 is 0 Å². The normalized spacial score (nSPS) is 31.3. The summed E-state index contributed by atoms with van der Waals surface area (Å²) in [5.41, 5.74) is 4.65. The van der Waals surface area contributed by atoms with Crippen LogP contribution in [0.4, 0.5) is 0 Å². The van der Waals surface area contributed by atoms with Crippen molar-refractivity contribution >= 4 is 11.8 Å². The van der Waals surface area contributed by atoms with Gasteiger partial charge < -0.3 is 52.5 Å². The van der Waals surface area contributed by atoms with E-state index in [1.54, 1.807) is 16.4 Å². The van der Waals surface area contributed by atoms with Crippen molar-refractivity contribution in [1.29, 1.82) is 0 Å². The Balaban J connectivity index is 0.893. The van der Waals surface area contributed by atoms with E-state index in [-0.39, 0.29) is 31.4 Å². The molecule has 4 fully saturated rings. The number of hydrogen-bond acceptors (Lipinski definition) is 14. The lowest BCUT2D eigenvalue weighted by Crippen LogP contribution is -2.62. The van der Waals surface area contributed by atoms with Crippen molar-refractivity contribution in [2.75, 3.05) is 26.1 Å². The molecule has 4 saturated heterocycles. The maximum absolute atomic E-state index is 11.6. The zero-order valence-electron chi connectivity index (χ0n) is 34.0. The third-order valence-corrected chi connectivity index (χ3v) is 12.3. The van der Waals surface area contributed by atoms with Gasteiger partial charge in [-0.2, -0.15) is 0 Å². The number of benzene rings is 4. The second-order valence-electron chi connectivity index (χ2n) is 15.2. The number of para-hydroxylation sites is 1. The van der Waals surface area contributed by atoms with Crippen molar-refractivity contribution in [2.24, 2.45) is 0 Å². The van der Waals surface area contributed by atoms with Crippen molar-refractivity contribution in [3.05, 3.63) is 149 Å². The summed E-state index contributed by atoms with van der Waals surface area (Å²) in [6, 6.07) is 37.3. The second kappa shape index (κ2) is 20.0. The standard InChI is InChI=1S/C46H51N3O11S/c1-3-61-46-42(41(52-24-29-15-7-4-8-16-29)39-36(58-46)28-56-44(60-39)31-19-11-6-12-20-31)54-26-33-23-49(48-47-33)34-22-14-13-21-32(34)25-53-40-37(50)38-35(57-45(40)51-2)27-55-43(59-38)30-17-9-5-10-18-30/h4-23,35-46,50H,3,24-28H2,1-2H3/t35-,36-,37+,38-,39-,40-,41+,42-,43?,44?,45+,46+/m1/s1. The van der Waals surface area contributed by atoms with Crippen molar-refractivity contribution in [3.63, 3.8) is 0 Å². The van der Waals surface area contributed by atoms with Gasteiger partial charge in [0.2, 0.25) is 0 Å². The molecule has 1 N–H and O–H groups in total. The molecule has 4 aliphatic heterocycles. The number of aliphatic hydroxyl groups excluding tert-OH is 1. The molecule has 15 heteroatoms. The predicted octanol–water partition coefficient (Wildman–Crippen LogP) is 6.06. The zero-order valence-corrected chi connectivity index (χ0v) is 34.8. The van der Waals surface area contributed by atoms with Gasteiger partial charge in [-0.15, -0.1) is 16.9 Å². The van der Waals surface area contributed by atoms with E-state index >= 15 is 0 Å². The average Bonchev–Trinajstić information content (AvgIpc) is 3.79. The molecule has 0 spiro atoms. The van der Waals surface area contributed by atoms with Gasteiger partial charge in [0.15, 0.2) is 18.9 Å². The van der Waals surface area contributed by atoms with Crippen LogP contribution in [0.1, 0.15) is 47.5 Å². The maximum Gasteiger partial charge on any atom is 0.186 e. The van der Waals surface area contributed by atoms with E-state index < -0.39 is 61.6 Å². The molecule has 1 aromatic heterocycles. The fourth-order valence-corrected chi connectivity index (χ4v) is 9.15. The first-order valence-corrected chi connectivity index (χ1v) is 21.8. The van der Waals surface area contributed by atoms with Crippen molar-refractivity contribution < 1.29 is 52.5 Å². The fraction of sp³-hybridized carbons (Fsp3) is 0.435. The lowest BCUT2D eigenvalue weighted by Gasteiger charge is -2.49. The topological polar surface area (TPSA) is 143 Å². The smallest absolute Gasteiger partial charge is 0.186 e. The van der Waals surface area contributed by atoms with Gasteiger partial charge in [0, 0.05) is 23.8 Å². The monoisotopic (exact) mass is 853 g/mol. The van der Waals surface area contributed by atoms with E-state index in [2.05, 4.69) is 17.2 Å². The van der Waals surface area contributed by atoms with E-state index in [1.807, 2.05) is 121 Å². The van der Waals surface area contributed by atoms with Crippen LogP contribution in [0.3, 0.4) is 0 Å². The summed E-state index contributed by atoms with van der Waals surface area (Å²) in [6.45, 7) is 3.33. The Kier molecular flexibility index (Phi) is 13.8. The minimum atomic E-state index is -1.05. The van der Waals surface area contributed by atoms with E-state index in [9.17, 15) is 5.11 Å². The van der Waals surface area contributed by atoms with Gasteiger partial charge in [-0.05, 0) is 17.4 Å². The molecule has 4 aliphatic rings. The quantitative estimate of drug-likeness (QED) is 0.130. The number of rotatable bonds is 15. The SMILES string of the molecule is CCS[C@@H]1O[C@@H]2COC(c3ccccc3)O[C@H]2[C@H](OCc2ccccc2)[C@H]1OCc1cn(-c2ccccc2CO[C@H]2[C@@H](OC)O[C@@H]3COC(c4ccccc4)O[C@H]3[C@@H]2O)nn1. The molecule has 14 nitrogen and oxygen atoms in total. The third-order valence-electron chi connectivity index (χ3n) is 11.2. The number of aromatic nitrogens is 3. The molecule has 5 heterocycles. The summed E-state index contributed by atoms with van der Waals surface area (Å²) in [5.74, 6) is 0.808. The highest BCUT2D eigenvalue weighted by atomic mass is 32.2. The van der Waals surface area contributed by atoms with Crippen molar-refractivity contribution in [3.8, 4) is 5.69 Å². The second-order valence-corrected chi connectivity index (χ2v) is 16.6. The van der Waals surface area contributed by atoms with E-state index in [0.29, 0.717) is 18.9 Å². The molecule has 9 rings (SSSR count). The van der Waals surface area contributed by atoms with Crippen LogP contribution in [0.25, 0.3) is 5.69 Å². The average molecular weight is 854 g/mol. The summed E-state index contributed by atoms with van der Waals surface area (Å²) in [4.78, 5) is 0. The molecule has 2 unspecified atom stereocenters. The Morgan fingerprint density at radius 1 is 0.672 bits per heavy atom. The first kappa shape index (κ1) is 42.2. The van der Waals surface area contributed by atoms with Crippen molar-refractivity contribution in [2.45, 2.75) is 99.9 Å². The van der Waals surface area contributed by atoms with Gasteiger partial charge in [0.05, 0.1) is 44.9 Å². The lowest BCUT2D eigenvalue weighted by atomic mass is 9.97. The molecular formula is C46H51N3O11S. The van der Waals surface area contributed by atoms with Crippen LogP contribution in [-0.2, 0) is 67.2 Å². The molecular weight excluding hydrogens is 803 g/mol. The third kappa shape index (κ3) is 9.64. The highest BCUT2D eigenvalue weighted by Crippen LogP contribution is 2.40. The number of thioether (sulfide) groups is 1. The van der Waals surface area contributed by atoms with Gasteiger partial charge in [-0.25, -0.2) is 4.68 Å². The Bertz CT molecular complexity index is 2120. The molecule has 61 heavy (non-hydrogen) atoms. The minimum absolute atomic E-state index is 0.120. The largest absolute Gasteiger partial charge is 0.387 e. The van der Waals surface area contributed by atoms with Crippen LogP contribution < -0.4 is 0 Å². The molecule has 12 atom stereocenters. The summed E-state index contributed by atoms with van der Waals surface area (Å²) in [7, 11) is 1.52. The molecule has 0 aliphatic carbocycles.